The largest absolute Gasteiger partial charge is 0.327 e. The summed E-state index contributed by atoms with van der Waals surface area (Å²) in [5, 5.41) is 0. The van der Waals surface area contributed by atoms with Gasteiger partial charge in [-0.15, -0.1) is 0 Å². The van der Waals surface area contributed by atoms with E-state index >= 15 is 0 Å². The Bertz CT molecular complexity index is 905. The van der Waals surface area contributed by atoms with Crippen LogP contribution in [0.4, 0.5) is 0 Å². The third-order valence-corrected chi connectivity index (χ3v) is 6.36. The number of carbonyl (C=O) groups excluding carboxylic acids is 2. The van der Waals surface area contributed by atoms with E-state index in [1.165, 1.54) is 4.90 Å². The number of hydrogen-bond acceptors (Lipinski definition) is 4. The first-order chi connectivity index (χ1) is 12.4. The fraction of sp³-hybridized carbons (Fsp3) is 0.300. The molecule has 0 radical (unpaired) electrons. The first-order valence-electron chi connectivity index (χ1n) is 8.52. The van der Waals surface area contributed by atoms with Gasteiger partial charge in [0.1, 0.15) is 0 Å². The number of sulfone groups is 1. The molecule has 1 saturated heterocycles. The molecule has 1 aliphatic rings. The van der Waals surface area contributed by atoms with Gasteiger partial charge in [-0.1, -0.05) is 60.2 Å². The van der Waals surface area contributed by atoms with Gasteiger partial charge in [-0.25, -0.2) is 8.42 Å². The maximum Gasteiger partial charge on any atom is 0.295 e. The summed E-state index contributed by atoms with van der Waals surface area (Å²) in [7, 11) is -3.17. The molecule has 0 spiro atoms. The molecule has 0 aliphatic carbocycles. The number of aryl methyl sites for hydroxylation is 1. The summed E-state index contributed by atoms with van der Waals surface area (Å²) >= 11 is 0. The normalized spacial score (nSPS) is 18.4. The number of carbonyl (C=O) groups is 2. The molecule has 0 unspecified atom stereocenters. The molecule has 6 heteroatoms. The van der Waals surface area contributed by atoms with Crippen molar-refractivity contribution in [2.45, 2.75) is 25.9 Å². The van der Waals surface area contributed by atoms with Crippen LogP contribution in [0.2, 0.25) is 0 Å². The zero-order valence-electron chi connectivity index (χ0n) is 14.6. The van der Waals surface area contributed by atoms with E-state index in [2.05, 4.69) is 0 Å². The Hall–Kier alpha value is -2.47. The molecule has 2 aromatic rings. The van der Waals surface area contributed by atoms with E-state index in [4.69, 9.17) is 0 Å². The minimum absolute atomic E-state index is 0.0506. The predicted octanol–water partition coefficient (Wildman–Crippen LogP) is 2.39. The second-order valence-electron chi connectivity index (χ2n) is 6.67. The molecule has 1 aliphatic heterocycles. The van der Waals surface area contributed by atoms with Gasteiger partial charge in [0.25, 0.3) is 5.91 Å². The molecule has 1 heterocycles. The van der Waals surface area contributed by atoms with Crippen LogP contribution in [0.15, 0.2) is 54.6 Å². The summed E-state index contributed by atoms with van der Waals surface area (Å²) in [6.07, 6.45) is 0.363. The molecule has 1 atom stereocenters. The summed E-state index contributed by atoms with van der Waals surface area (Å²) < 4.78 is 23.7. The number of Topliss-reactive ketones (excluding diaryl/α,β-unsaturated/α-hetero) is 1. The van der Waals surface area contributed by atoms with E-state index in [0.717, 1.165) is 11.1 Å². The van der Waals surface area contributed by atoms with Crippen LogP contribution < -0.4 is 0 Å². The van der Waals surface area contributed by atoms with Crippen molar-refractivity contribution in [3.8, 4) is 0 Å². The third-order valence-electron chi connectivity index (χ3n) is 4.61. The molecule has 0 N–H and O–H groups in total. The molecule has 2 aromatic carbocycles. The van der Waals surface area contributed by atoms with Crippen molar-refractivity contribution in [1.82, 2.24) is 4.90 Å². The fourth-order valence-corrected chi connectivity index (χ4v) is 4.86. The predicted molar refractivity (Wildman–Crippen MR) is 99.6 cm³/mol. The van der Waals surface area contributed by atoms with Gasteiger partial charge in [-0.2, -0.15) is 0 Å². The van der Waals surface area contributed by atoms with Gasteiger partial charge >= 0.3 is 0 Å². The van der Waals surface area contributed by atoms with E-state index < -0.39 is 27.6 Å². The highest BCUT2D eigenvalue weighted by atomic mass is 32.2. The molecule has 0 saturated carbocycles. The SMILES string of the molecule is Cc1ccc(C(=O)C(=O)N(Cc2ccccc2)[C@@H]2CCS(=O)(=O)C2)cc1. The topological polar surface area (TPSA) is 71.5 Å². The van der Waals surface area contributed by atoms with Crippen molar-refractivity contribution < 1.29 is 18.0 Å². The lowest BCUT2D eigenvalue weighted by molar-refractivity contribution is -0.128. The first-order valence-corrected chi connectivity index (χ1v) is 10.3. The van der Waals surface area contributed by atoms with Gasteiger partial charge in [0, 0.05) is 18.2 Å². The van der Waals surface area contributed by atoms with Crippen LogP contribution in [-0.2, 0) is 21.2 Å². The zero-order chi connectivity index (χ0) is 18.7. The maximum atomic E-state index is 12.9. The van der Waals surface area contributed by atoms with E-state index in [1.807, 2.05) is 37.3 Å². The smallest absolute Gasteiger partial charge is 0.295 e. The van der Waals surface area contributed by atoms with Gasteiger partial charge in [0.2, 0.25) is 5.78 Å². The minimum atomic E-state index is -3.17. The molecule has 0 bridgehead atoms. The summed E-state index contributed by atoms with van der Waals surface area (Å²) in [6.45, 7) is 2.12. The fourth-order valence-electron chi connectivity index (χ4n) is 3.13. The highest BCUT2D eigenvalue weighted by Crippen LogP contribution is 2.21. The van der Waals surface area contributed by atoms with Gasteiger partial charge in [-0.3, -0.25) is 9.59 Å². The summed E-state index contributed by atoms with van der Waals surface area (Å²) in [5.41, 5.74) is 2.18. The molecule has 136 valence electrons. The van der Waals surface area contributed by atoms with Crippen LogP contribution in [0, 0.1) is 6.92 Å². The van der Waals surface area contributed by atoms with Crippen LogP contribution in [-0.4, -0.2) is 42.6 Å². The zero-order valence-corrected chi connectivity index (χ0v) is 15.4. The second kappa shape index (κ2) is 7.41. The Kier molecular flexibility index (Phi) is 5.23. The lowest BCUT2D eigenvalue weighted by Crippen LogP contribution is -2.44. The van der Waals surface area contributed by atoms with Crippen LogP contribution in [0.3, 0.4) is 0 Å². The van der Waals surface area contributed by atoms with Crippen molar-refractivity contribution in [3.05, 3.63) is 71.3 Å². The van der Waals surface area contributed by atoms with Gasteiger partial charge in [0.15, 0.2) is 9.84 Å². The second-order valence-corrected chi connectivity index (χ2v) is 8.90. The highest BCUT2D eigenvalue weighted by Gasteiger charge is 2.37. The van der Waals surface area contributed by atoms with E-state index in [9.17, 15) is 18.0 Å². The van der Waals surface area contributed by atoms with Crippen molar-refractivity contribution in [1.29, 1.82) is 0 Å². The average molecular weight is 371 g/mol. The monoisotopic (exact) mass is 371 g/mol. The van der Waals surface area contributed by atoms with Crippen molar-refractivity contribution in [2.75, 3.05) is 11.5 Å². The summed E-state index contributed by atoms with van der Waals surface area (Å²) in [5.74, 6) is -1.30. The highest BCUT2D eigenvalue weighted by molar-refractivity contribution is 7.91. The van der Waals surface area contributed by atoms with Gasteiger partial charge < -0.3 is 4.90 Å². The average Bonchev–Trinajstić information content (AvgIpc) is 2.99. The number of rotatable bonds is 5. The molecule has 0 aromatic heterocycles. The third kappa shape index (κ3) is 4.19. The molecule has 3 rings (SSSR count). The summed E-state index contributed by atoms with van der Waals surface area (Å²) in [6, 6.07) is 15.6. The number of nitrogens with zero attached hydrogens (tertiary/aromatic N) is 1. The van der Waals surface area contributed by atoms with E-state index in [0.29, 0.717) is 12.0 Å². The number of benzene rings is 2. The van der Waals surface area contributed by atoms with Crippen molar-refractivity contribution in [3.63, 3.8) is 0 Å². The molecular weight excluding hydrogens is 350 g/mol. The molecular formula is C20H21NO4S. The van der Waals surface area contributed by atoms with Crippen LogP contribution in [0.1, 0.15) is 27.9 Å². The van der Waals surface area contributed by atoms with Gasteiger partial charge in [-0.05, 0) is 18.9 Å². The minimum Gasteiger partial charge on any atom is -0.327 e. The van der Waals surface area contributed by atoms with Gasteiger partial charge in [0.05, 0.1) is 11.5 Å². The Labute approximate surface area is 153 Å². The molecule has 5 nitrogen and oxygen atoms in total. The van der Waals surface area contributed by atoms with Crippen LogP contribution in [0.5, 0.6) is 0 Å². The van der Waals surface area contributed by atoms with E-state index in [-0.39, 0.29) is 18.1 Å². The lowest BCUT2D eigenvalue weighted by Gasteiger charge is -2.27. The Balaban J connectivity index is 1.87. The molecule has 1 amide bonds. The number of ketones is 1. The van der Waals surface area contributed by atoms with E-state index in [1.54, 1.807) is 24.3 Å². The quantitative estimate of drug-likeness (QED) is 0.598. The summed E-state index contributed by atoms with van der Waals surface area (Å²) in [4.78, 5) is 27.0. The molecule has 1 fully saturated rings. The standard InChI is InChI=1S/C20H21NO4S/c1-15-7-9-17(10-8-15)19(22)20(23)21(13-16-5-3-2-4-6-16)18-11-12-26(24,25)14-18/h2-10,18H,11-14H2,1H3/t18-/m1/s1. The number of hydrogen-bond donors (Lipinski definition) is 0. The van der Waals surface area contributed by atoms with Crippen LogP contribution >= 0.6 is 0 Å². The Morgan fingerprint density at radius 2 is 1.69 bits per heavy atom. The van der Waals surface area contributed by atoms with Crippen molar-refractivity contribution >= 4 is 21.5 Å². The first kappa shape index (κ1) is 18.3. The Morgan fingerprint density at radius 1 is 1.04 bits per heavy atom. The van der Waals surface area contributed by atoms with Crippen LogP contribution in [0.25, 0.3) is 0 Å². The van der Waals surface area contributed by atoms with Crippen molar-refractivity contribution in [2.24, 2.45) is 0 Å². The molecule has 26 heavy (non-hydrogen) atoms. The lowest BCUT2D eigenvalue weighted by atomic mass is 10.1. The number of amides is 1. The Morgan fingerprint density at radius 3 is 2.27 bits per heavy atom. The maximum absolute atomic E-state index is 12.9.